The molecule has 0 saturated heterocycles. The number of carbonyl (C=O) groups is 2. The van der Waals surface area contributed by atoms with Gasteiger partial charge < -0.3 is 10.5 Å². The van der Waals surface area contributed by atoms with Gasteiger partial charge in [-0.1, -0.05) is 0 Å². The van der Waals surface area contributed by atoms with Gasteiger partial charge in [-0.25, -0.2) is 0 Å². The minimum absolute atomic E-state index is 0.0168. The summed E-state index contributed by atoms with van der Waals surface area (Å²) in [6, 6.07) is 8.02. The largest absolute Gasteiger partial charge is 0.493 e. The number of rotatable bonds is 4. The van der Waals surface area contributed by atoms with Gasteiger partial charge in [-0.3, -0.25) is 24.3 Å². The number of ether oxygens (including phenoxy) is 1. The molecule has 0 atom stereocenters. The molecule has 7 nitrogen and oxygen atoms in total. The second-order valence-corrected chi connectivity index (χ2v) is 6.02. The van der Waals surface area contributed by atoms with Crippen molar-refractivity contribution in [2.75, 3.05) is 12.3 Å². The van der Waals surface area contributed by atoms with E-state index in [1.807, 2.05) is 0 Å². The summed E-state index contributed by atoms with van der Waals surface area (Å²) in [5, 5.41) is 2.14. The molecule has 7 heteroatoms. The van der Waals surface area contributed by atoms with Crippen molar-refractivity contribution in [3.8, 4) is 11.4 Å². The van der Waals surface area contributed by atoms with Crippen LogP contribution in [-0.4, -0.2) is 23.0 Å². The van der Waals surface area contributed by atoms with E-state index in [0.29, 0.717) is 24.0 Å². The highest BCUT2D eigenvalue weighted by Gasteiger charge is 2.31. The fourth-order valence-electron chi connectivity index (χ4n) is 2.74. The maximum Gasteiger partial charge on any atom is 0.262 e. The molecule has 2 heterocycles. The molecule has 1 fully saturated rings. The molecule has 0 radical (unpaired) electrons. The lowest BCUT2D eigenvalue weighted by Gasteiger charge is -2.12. The van der Waals surface area contributed by atoms with Crippen molar-refractivity contribution in [2.24, 2.45) is 5.92 Å². The van der Waals surface area contributed by atoms with Crippen LogP contribution in [0.3, 0.4) is 0 Å². The van der Waals surface area contributed by atoms with Crippen molar-refractivity contribution in [3.63, 3.8) is 0 Å². The first-order valence-corrected chi connectivity index (χ1v) is 7.69. The van der Waals surface area contributed by atoms with E-state index in [1.54, 1.807) is 24.3 Å². The summed E-state index contributed by atoms with van der Waals surface area (Å²) in [5.74, 6) is 0.120. The van der Waals surface area contributed by atoms with E-state index in [1.165, 1.54) is 17.4 Å². The fourth-order valence-corrected chi connectivity index (χ4v) is 2.74. The minimum Gasteiger partial charge on any atom is -0.493 e. The summed E-state index contributed by atoms with van der Waals surface area (Å²) in [7, 11) is 0. The molecule has 122 valence electrons. The van der Waals surface area contributed by atoms with Gasteiger partial charge in [0.05, 0.1) is 23.4 Å². The number of nitrogens with zero attached hydrogens (tertiary/aromatic N) is 1. The van der Waals surface area contributed by atoms with Gasteiger partial charge >= 0.3 is 0 Å². The number of fused-ring (bicyclic) bond motifs is 1. The smallest absolute Gasteiger partial charge is 0.262 e. The number of hydrogen-bond acceptors (Lipinski definition) is 5. The zero-order valence-electron chi connectivity index (χ0n) is 12.7. The van der Waals surface area contributed by atoms with Gasteiger partial charge in [0.2, 0.25) is 0 Å². The van der Waals surface area contributed by atoms with E-state index in [2.05, 4.69) is 5.32 Å². The maximum absolute atomic E-state index is 12.3. The number of benzene rings is 1. The van der Waals surface area contributed by atoms with Gasteiger partial charge in [-0.2, -0.15) is 0 Å². The van der Waals surface area contributed by atoms with Gasteiger partial charge in [0, 0.05) is 6.07 Å². The van der Waals surface area contributed by atoms with Crippen LogP contribution < -0.4 is 21.3 Å². The zero-order chi connectivity index (χ0) is 16.8. The monoisotopic (exact) mass is 325 g/mol. The molecular formula is C17H15N3O4. The summed E-state index contributed by atoms with van der Waals surface area (Å²) in [6.45, 7) is 0.697. The van der Waals surface area contributed by atoms with Crippen LogP contribution >= 0.6 is 0 Å². The summed E-state index contributed by atoms with van der Waals surface area (Å²) in [4.78, 5) is 35.8. The van der Waals surface area contributed by atoms with Crippen molar-refractivity contribution in [1.29, 1.82) is 0 Å². The Labute approximate surface area is 137 Å². The molecule has 1 aromatic heterocycles. The standard InChI is InChI=1S/C17H15N3O4/c18-15-14-12(16(22)19-17(14)23)7-13(21)20(15)10-3-5-11(6-4-10)24-8-9-1-2-9/h3-7,9H,1-2,8,18H2,(H,19,22,23). The van der Waals surface area contributed by atoms with Gasteiger partial charge in [-0.05, 0) is 43.0 Å². The molecule has 2 amide bonds. The van der Waals surface area contributed by atoms with Crippen LogP contribution in [-0.2, 0) is 0 Å². The van der Waals surface area contributed by atoms with Crippen LogP contribution in [0, 0.1) is 5.92 Å². The third-order valence-electron chi connectivity index (χ3n) is 4.23. The predicted octanol–water partition coefficient (Wildman–Crippen LogP) is 1.09. The number of imide groups is 1. The average molecular weight is 325 g/mol. The van der Waals surface area contributed by atoms with Crippen molar-refractivity contribution in [1.82, 2.24) is 9.88 Å². The molecule has 2 aromatic rings. The number of pyridine rings is 1. The molecule has 0 unspecified atom stereocenters. The fraction of sp³-hybridized carbons (Fsp3) is 0.235. The zero-order valence-corrected chi connectivity index (χ0v) is 12.7. The summed E-state index contributed by atoms with van der Waals surface area (Å²) < 4.78 is 6.87. The number of nitrogens with one attached hydrogen (secondary N) is 1. The average Bonchev–Trinajstić information content (AvgIpc) is 3.33. The first-order valence-electron chi connectivity index (χ1n) is 7.69. The number of aromatic nitrogens is 1. The number of amides is 2. The molecule has 1 saturated carbocycles. The topological polar surface area (TPSA) is 103 Å². The normalized spacial score (nSPS) is 16.0. The first kappa shape index (κ1) is 14.5. The summed E-state index contributed by atoms with van der Waals surface area (Å²) in [6.07, 6.45) is 2.42. The molecular weight excluding hydrogens is 310 g/mol. The van der Waals surface area contributed by atoms with E-state index >= 15 is 0 Å². The number of nitrogens with two attached hydrogens (primary N) is 1. The Hall–Kier alpha value is -3.09. The van der Waals surface area contributed by atoms with E-state index in [4.69, 9.17) is 10.5 Å². The number of nitrogen functional groups attached to an aromatic ring is 1. The van der Waals surface area contributed by atoms with Crippen LogP contribution in [0.15, 0.2) is 35.1 Å². The Morgan fingerprint density at radius 1 is 1.12 bits per heavy atom. The van der Waals surface area contributed by atoms with Gasteiger partial charge in [0.1, 0.15) is 11.6 Å². The quantitative estimate of drug-likeness (QED) is 0.819. The summed E-state index contributed by atoms with van der Waals surface area (Å²) >= 11 is 0. The molecule has 0 spiro atoms. The Balaban J connectivity index is 1.71. The molecule has 1 aromatic carbocycles. The second kappa shape index (κ2) is 5.23. The SMILES string of the molecule is Nc1c2c(cc(=O)n1-c1ccc(OCC3CC3)cc1)C(=O)NC2=O. The Kier molecular flexibility index (Phi) is 3.16. The van der Waals surface area contributed by atoms with Crippen molar-refractivity contribution >= 4 is 17.6 Å². The van der Waals surface area contributed by atoms with Crippen LogP contribution in [0.5, 0.6) is 5.75 Å². The van der Waals surface area contributed by atoms with Crippen LogP contribution in [0.4, 0.5) is 5.82 Å². The van der Waals surface area contributed by atoms with Crippen molar-refractivity contribution in [3.05, 3.63) is 51.8 Å². The number of hydrogen-bond donors (Lipinski definition) is 2. The number of anilines is 1. The van der Waals surface area contributed by atoms with Crippen molar-refractivity contribution in [2.45, 2.75) is 12.8 Å². The molecule has 1 aliphatic carbocycles. The Bertz CT molecular complexity index is 911. The van der Waals surface area contributed by atoms with E-state index in [9.17, 15) is 14.4 Å². The molecule has 0 bridgehead atoms. The first-order chi connectivity index (χ1) is 11.5. The Morgan fingerprint density at radius 2 is 1.83 bits per heavy atom. The molecule has 2 aliphatic rings. The third-order valence-corrected chi connectivity index (χ3v) is 4.23. The van der Waals surface area contributed by atoms with Crippen LogP contribution in [0.1, 0.15) is 33.6 Å². The summed E-state index contributed by atoms with van der Waals surface area (Å²) in [5.41, 5.74) is 6.07. The lowest BCUT2D eigenvalue weighted by Crippen LogP contribution is -2.24. The second-order valence-electron chi connectivity index (χ2n) is 6.02. The highest BCUT2D eigenvalue weighted by molar-refractivity contribution is 6.23. The molecule has 24 heavy (non-hydrogen) atoms. The lowest BCUT2D eigenvalue weighted by molar-refractivity contribution is 0.0880. The maximum atomic E-state index is 12.3. The molecule has 1 aliphatic heterocycles. The number of carbonyl (C=O) groups excluding carboxylic acids is 2. The third kappa shape index (κ3) is 2.34. The molecule has 4 rings (SSSR count). The van der Waals surface area contributed by atoms with E-state index in [-0.39, 0.29) is 16.9 Å². The lowest BCUT2D eigenvalue weighted by atomic mass is 10.1. The van der Waals surface area contributed by atoms with Crippen molar-refractivity contribution < 1.29 is 14.3 Å². The van der Waals surface area contributed by atoms with Crippen LogP contribution in [0.2, 0.25) is 0 Å². The van der Waals surface area contributed by atoms with E-state index in [0.717, 1.165) is 6.07 Å². The highest BCUT2D eigenvalue weighted by Crippen LogP contribution is 2.30. The highest BCUT2D eigenvalue weighted by atomic mass is 16.5. The molecule has 3 N–H and O–H groups in total. The van der Waals surface area contributed by atoms with Gasteiger partial charge in [0.25, 0.3) is 17.4 Å². The predicted molar refractivity (Wildman–Crippen MR) is 86.5 cm³/mol. The van der Waals surface area contributed by atoms with Gasteiger partial charge in [0.15, 0.2) is 0 Å². The van der Waals surface area contributed by atoms with Gasteiger partial charge in [-0.15, -0.1) is 0 Å². The van der Waals surface area contributed by atoms with E-state index < -0.39 is 17.4 Å². The van der Waals surface area contributed by atoms with Crippen LogP contribution in [0.25, 0.3) is 5.69 Å². The minimum atomic E-state index is -0.602. The Morgan fingerprint density at radius 3 is 2.50 bits per heavy atom.